The first-order valence-corrected chi connectivity index (χ1v) is 11.5. The van der Waals surface area contributed by atoms with Crippen molar-refractivity contribution in [1.82, 2.24) is 19.9 Å². The Balaban J connectivity index is 1.53. The zero-order chi connectivity index (χ0) is 23.6. The van der Waals surface area contributed by atoms with E-state index in [-0.39, 0.29) is 16.7 Å². The lowest BCUT2D eigenvalue weighted by Crippen LogP contribution is -2.53. The summed E-state index contributed by atoms with van der Waals surface area (Å²) in [5.41, 5.74) is 2.22. The second kappa shape index (κ2) is 9.53. The van der Waals surface area contributed by atoms with Crippen molar-refractivity contribution in [2.45, 2.75) is 32.2 Å². The molecule has 1 aliphatic heterocycles. The quantitative estimate of drug-likeness (QED) is 0.480. The predicted molar refractivity (Wildman–Crippen MR) is 136 cm³/mol. The highest BCUT2D eigenvalue weighted by Crippen LogP contribution is 2.28. The summed E-state index contributed by atoms with van der Waals surface area (Å²) >= 11 is 12.6. The van der Waals surface area contributed by atoms with Gasteiger partial charge >= 0.3 is 0 Å². The van der Waals surface area contributed by atoms with Gasteiger partial charge in [-0.3, -0.25) is 0 Å². The average molecular weight is 484 g/mol. The Labute approximate surface area is 204 Å². The van der Waals surface area contributed by atoms with Crippen LogP contribution in [0.2, 0.25) is 10.3 Å². The van der Waals surface area contributed by atoms with E-state index in [4.69, 9.17) is 23.2 Å². The molecule has 0 saturated carbocycles. The third kappa shape index (κ3) is 5.37. The molecule has 2 aromatic heterocycles. The Kier molecular flexibility index (Phi) is 6.72. The van der Waals surface area contributed by atoms with E-state index < -0.39 is 0 Å². The Morgan fingerprint density at radius 3 is 2.48 bits per heavy atom. The minimum atomic E-state index is -0.0470. The van der Waals surface area contributed by atoms with E-state index in [9.17, 15) is 0 Å². The highest BCUT2D eigenvalue weighted by atomic mass is 35.5. The van der Waals surface area contributed by atoms with E-state index in [0.29, 0.717) is 36.6 Å². The van der Waals surface area contributed by atoms with Crippen LogP contribution in [0.1, 0.15) is 26.3 Å². The van der Waals surface area contributed by atoms with E-state index in [1.54, 1.807) is 6.20 Å². The number of pyridine rings is 1. The minimum Gasteiger partial charge on any atom is -0.351 e. The first-order chi connectivity index (χ1) is 15.7. The van der Waals surface area contributed by atoms with Gasteiger partial charge in [-0.2, -0.15) is 15.0 Å². The maximum absolute atomic E-state index is 6.35. The molecule has 3 aromatic rings. The van der Waals surface area contributed by atoms with Gasteiger partial charge in [0, 0.05) is 31.5 Å². The zero-order valence-electron chi connectivity index (χ0n) is 19.0. The summed E-state index contributed by atoms with van der Waals surface area (Å²) in [5.74, 6) is 1.66. The topological polar surface area (TPSA) is 70.1 Å². The SMILES string of the molecule is C=C[C@@H]1CN(c2ncccc2Cl)CCN1c1nc(Cl)nc(Nc2ccc(C(C)(C)C)cc2)n1. The van der Waals surface area contributed by atoms with Gasteiger partial charge in [0.1, 0.15) is 5.82 Å². The second-order valence-corrected chi connectivity index (χ2v) is 9.68. The lowest BCUT2D eigenvalue weighted by atomic mass is 9.87. The number of benzene rings is 1. The normalized spacial score (nSPS) is 16.6. The number of rotatable bonds is 5. The fourth-order valence-corrected chi connectivity index (χ4v) is 4.17. The van der Waals surface area contributed by atoms with E-state index in [1.165, 1.54) is 5.56 Å². The molecule has 1 aromatic carbocycles. The van der Waals surface area contributed by atoms with Crippen LogP contribution < -0.4 is 15.1 Å². The van der Waals surface area contributed by atoms with Gasteiger partial charge in [0.05, 0.1) is 11.1 Å². The Morgan fingerprint density at radius 2 is 1.82 bits per heavy atom. The van der Waals surface area contributed by atoms with Crippen LogP contribution >= 0.6 is 23.2 Å². The Morgan fingerprint density at radius 1 is 1.06 bits per heavy atom. The molecular weight excluding hydrogens is 457 g/mol. The number of halogens is 2. The second-order valence-electron chi connectivity index (χ2n) is 8.93. The van der Waals surface area contributed by atoms with Crippen molar-refractivity contribution in [1.29, 1.82) is 0 Å². The minimum absolute atomic E-state index is 0.0470. The van der Waals surface area contributed by atoms with E-state index >= 15 is 0 Å². The third-order valence-electron chi connectivity index (χ3n) is 5.59. The molecule has 9 heteroatoms. The van der Waals surface area contributed by atoms with Gasteiger partial charge in [0.25, 0.3) is 0 Å². The van der Waals surface area contributed by atoms with Gasteiger partial charge in [0.15, 0.2) is 0 Å². The first kappa shape index (κ1) is 23.3. The monoisotopic (exact) mass is 483 g/mol. The highest BCUT2D eigenvalue weighted by molar-refractivity contribution is 6.32. The molecule has 1 atom stereocenters. The molecule has 4 rings (SSSR count). The number of anilines is 4. The van der Waals surface area contributed by atoms with Crippen LogP contribution in [0.25, 0.3) is 0 Å². The van der Waals surface area contributed by atoms with Crippen molar-refractivity contribution in [2.24, 2.45) is 0 Å². The Bertz CT molecular complexity index is 1130. The summed E-state index contributed by atoms with van der Waals surface area (Å²) in [7, 11) is 0. The fourth-order valence-electron chi connectivity index (χ4n) is 3.77. The van der Waals surface area contributed by atoms with Gasteiger partial charge < -0.3 is 15.1 Å². The summed E-state index contributed by atoms with van der Waals surface area (Å²) in [5, 5.41) is 4.00. The number of hydrogen-bond donors (Lipinski definition) is 1. The number of nitrogens with zero attached hydrogens (tertiary/aromatic N) is 6. The van der Waals surface area contributed by atoms with Crippen LogP contribution in [-0.2, 0) is 5.41 Å². The zero-order valence-corrected chi connectivity index (χ0v) is 20.5. The van der Waals surface area contributed by atoms with Crippen molar-refractivity contribution in [3.05, 3.63) is 71.1 Å². The number of hydrogen-bond acceptors (Lipinski definition) is 7. The van der Waals surface area contributed by atoms with Crippen LogP contribution in [0, 0.1) is 0 Å². The predicted octanol–water partition coefficient (Wildman–Crippen LogP) is 5.50. The van der Waals surface area contributed by atoms with E-state index in [0.717, 1.165) is 11.5 Å². The molecule has 0 bridgehead atoms. The van der Waals surface area contributed by atoms with Crippen LogP contribution in [0.3, 0.4) is 0 Å². The average Bonchev–Trinajstić information content (AvgIpc) is 2.78. The first-order valence-electron chi connectivity index (χ1n) is 10.8. The van der Waals surface area contributed by atoms with Crippen molar-refractivity contribution < 1.29 is 0 Å². The smallest absolute Gasteiger partial charge is 0.233 e. The Hall–Kier alpha value is -2.90. The lowest BCUT2D eigenvalue weighted by Gasteiger charge is -2.40. The molecule has 0 radical (unpaired) electrons. The maximum Gasteiger partial charge on any atom is 0.233 e. The number of nitrogens with one attached hydrogen (secondary N) is 1. The molecule has 0 amide bonds. The molecular formula is C24H27Cl2N7. The molecule has 0 spiro atoms. The highest BCUT2D eigenvalue weighted by Gasteiger charge is 2.29. The third-order valence-corrected chi connectivity index (χ3v) is 6.05. The number of aromatic nitrogens is 4. The van der Waals surface area contributed by atoms with E-state index in [2.05, 4.69) is 74.5 Å². The molecule has 0 aliphatic carbocycles. The van der Waals surface area contributed by atoms with Gasteiger partial charge in [-0.1, -0.05) is 50.6 Å². The van der Waals surface area contributed by atoms with Gasteiger partial charge in [0.2, 0.25) is 17.2 Å². The van der Waals surface area contributed by atoms with Crippen molar-refractivity contribution in [2.75, 3.05) is 34.8 Å². The largest absolute Gasteiger partial charge is 0.351 e. The van der Waals surface area contributed by atoms with Crippen molar-refractivity contribution in [3.8, 4) is 0 Å². The van der Waals surface area contributed by atoms with Gasteiger partial charge in [-0.25, -0.2) is 4.98 Å². The van der Waals surface area contributed by atoms with Crippen LogP contribution in [-0.4, -0.2) is 45.6 Å². The summed E-state index contributed by atoms with van der Waals surface area (Å²) in [6.45, 7) is 12.6. The summed E-state index contributed by atoms with van der Waals surface area (Å²) in [4.78, 5) is 21.9. The molecule has 1 saturated heterocycles. The standard InChI is InChI=1S/C24H27Cl2N7/c1-5-18-15-32(20-19(25)7-6-12-27-20)13-14-33(18)23-30-21(26)29-22(31-23)28-17-10-8-16(9-11-17)24(2,3)4/h5-12,18H,1,13-15H2,2-4H3,(H,28,29,30,31)/t18-/m1/s1. The molecule has 7 nitrogen and oxygen atoms in total. The molecule has 1 fully saturated rings. The van der Waals surface area contributed by atoms with Crippen molar-refractivity contribution >= 4 is 46.6 Å². The molecule has 1 N–H and O–H groups in total. The molecule has 1 aliphatic rings. The van der Waals surface area contributed by atoms with Gasteiger partial charge in [-0.05, 0) is 46.8 Å². The van der Waals surface area contributed by atoms with Crippen LogP contribution in [0.15, 0.2) is 55.3 Å². The maximum atomic E-state index is 6.35. The molecule has 3 heterocycles. The number of piperazine rings is 1. The van der Waals surface area contributed by atoms with Crippen LogP contribution in [0.4, 0.5) is 23.4 Å². The lowest BCUT2D eigenvalue weighted by molar-refractivity contribution is 0.569. The van der Waals surface area contributed by atoms with Crippen LogP contribution in [0.5, 0.6) is 0 Å². The fraction of sp³-hybridized carbons (Fsp3) is 0.333. The summed E-state index contributed by atoms with van der Waals surface area (Å²) < 4.78 is 0. The molecule has 33 heavy (non-hydrogen) atoms. The van der Waals surface area contributed by atoms with Crippen molar-refractivity contribution in [3.63, 3.8) is 0 Å². The summed E-state index contributed by atoms with van der Waals surface area (Å²) in [6.07, 6.45) is 3.62. The summed E-state index contributed by atoms with van der Waals surface area (Å²) in [6, 6.07) is 11.8. The van der Waals surface area contributed by atoms with Gasteiger partial charge in [-0.15, -0.1) is 6.58 Å². The molecule has 172 valence electrons. The molecule has 0 unspecified atom stereocenters. The van der Waals surface area contributed by atoms with E-state index in [1.807, 2.05) is 30.3 Å².